The maximum atomic E-state index is 11.6. The summed E-state index contributed by atoms with van der Waals surface area (Å²) in [5, 5.41) is 6.59. The lowest BCUT2D eigenvalue weighted by Crippen LogP contribution is -2.11. The minimum Gasteiger partial charge on any atom is -0.297 e. The van der Waals surface area contributed by atoms with Gasteiger partial charge in [-0.1, -0.05) is 47.6 Å². The van der Waals surface area contributed by atoms with Crippen molar-refractivity contribution in [3.8, 4) is 0 Å². The van der Waals surface area contributed by atoms with Crippen LogP contribution in [0.4, 0.5) is 10.5 Å². The summed E-state index contributed by atoms with van der Waals surface area (Å²) >= 11 is 0. The lowest BCUT2D eigenvalue weighted by molar-refractivity contribution is 0.166. The van der Waals surface area contributed by atoms with Gasteiger partial charge in [-0.3, -0.25) is 10.2 Å². The van der Waals surface area contributed by atoms with Crippen molar-refractivity contribution in [1.29, 1.82) is 0 Å². The number of para-hydroxylation sites is 1. The van der Waals surface area contributed by atoms with Gasteiger partial charge >= 0.3 is 6.09 Å². The zero-order valence-corrected chi connectivity index (χ0v) is 10.9. The monoisotopic (exact) mass is 266 g/mol. The average Bonchev–Trinajstić information content (AvgIpc) is 2.89. The number of amides is 1. The Labute approximate surface area is 117 Å². The third-order valence-electron chi connectivity index (χ3n) is 3.22. The first-order valence-electron chi connectivity index (χ1n) is 6.51. The van der Waals surface area contributed by atoms with Crippen LogP contribution in [0.2, 0.25) is 0 Å². The number of carbonyl (C=O) groups is 1. The molecule has 0 unspecified atom stereocenters. The maximum absolute atomic E-state index is 11.6. The normalized spacial score (nSPS) is 14.9. The molecule has 0 saturated heterocycles. The summed E-state index contributed by atoms with van der Waals surface area (Å²) in [5.41, 5.74) is 3.83. The van der Waals surface area contributed by atoms with Crippen LogP contribution in [0, 0.1) is 0 Å². The molecule has 4 nitrogen and oxygen atoms in total. The molecule has 0 aromatic heterocycles. The Kier molecular flexibility index (Phi) is 3.46. The highest BCUT2D eigenvalue weighted by atomic mass is 16.7. The second kappa shape index (κ2) is 5.57. The van der Waals surface area contributed by atoms with Gasteiger partial charge in [0, 0.05) is 11.3 Å². The van der Waals surface area contributed by atoms with E-state index < -0.39 is 6.09 Å². The van der Waals surface area contributed by atoms with Gasteiger partial charge in [0.15, 0.2) is 0 Å². The fraction of sp³-hybridized carbons (Fsp3) is 0.125. The molecule has 100 valence electrons. The van der Waals surface area contributed by atoms with E-state index in [0.717, 1.165) is 24.1 Å². The zero-order chi connectivity index (χ0) is 13.8. The molecular weight excluding hydrogens is 252 g/mol. The topological polar surface area (TPSA) is 50.7 Å². The minimum atomic E-state index is -0.576. The van der Waals surface area contributed by atoms with Crippen molar-refractivity contribution >= 4 is 17.5 Å². The number of oxime groups is 1. The second-order valence-corrected chi connectivity index (χ2v) is 4.56. The molecule has 1 aliphatic rings. The summed E-state index contributed by atoms with van der Waals surface area (Å²) in [6.45, 7) is 0. The van der Waals surface area contributed by atoms with E-state index in [1.54, 1.807) is 12.1 Å². The predicted molar refractivity (Wildman–Crippen MR) is 77.8 cm³/mol. The summed E-state index contributed by atoms with van der Waals surface area (Å²) in [6, 6.07) is 17.2. The van der Waals surface area contributed by atoms with E-state index in [-0.39, 0.29) is 0 Å². The maximum Gasteiger partial charge on any atom is 0.437 e. The van der Waals surface area contributed by atoms with Gasteiger partial charge in [0.05, 0.1) is 5.71 Å². The molecule has 2 aromatic rings. The van der Waals surface area contributed by atoms with Crippen LogP contribution in [0.15, 0.2) is 59.8 Å². The van der Waals surface area contributed by atoms with Crippen LogP contribution in [0.5, 0.6) is 0 Å². The molecule has 1 N–H and O–H groups in total. The standard InChI is InChI=1S/C16H14N2O2/c19-16(17-13-7-2-1-3-8-13)20-18-15-11-10-12-6-4-5-9-14(12)15/h1-9H,10-11H2,(H,17,19)/b18-15+. The van der Waals surface area contributed by atoms with Crippen molar-refractivity contribution < 1.29 is 9.63 Å². The van der Waals surface area contributed by atoms with E-state index in [2.05, 4.69) is 16.5 Å². The van der Waals surface area contributed by atoms with Crippen LogP contribution < -0.4 is 5.32 Å². The number of anilines is 1. The molecule has 0 heterocycles. The van der Waals surface area contributed by atoms with Crippen LogP contribution in [-0.2, 0) is 11.3 Å². The fourth-order valence-electron chi connectivity index (χ4n) is 2.26. The van der Waals surface area contributed by atoms with Crippen molar-refractivity contribution in [2.75, 3.05) is 5.32 Å². The number of fused-ring (bicyclic) bond motifs is 1. The molecule has 1 aliphatic carbocycles. The van der Waals surface area contributed by atoms with Gasteiger partial charge in [-0.2, -0.15) is 0 Å². The summed E-state index contributed by atoms with van der Waals surface area (Å²) in [4.78, 5) is 16.6. The number of nitrogens with one attached hydrogen (secondary N) is 1. The Morgan fingerprint density at radius 2 is 1.75 bits per heavy atom. The highest BCUT2D eigenvalue weighted by Gasteiger charge is 2.17. The Bertz CT molecular complexity index is 651. The lowest BCUT2D eigenvalue weighted by Gasteiger charge is -2.03. The Morgan fingerprint density at radius 1 is 1.00 bits per heavy atom. The first-order chi connectivity index (χ1) is 9.83. The summed E-state index contributed by atoms with van der Waals surface area (Å²) in [6.07, 6.45) is 1.17. The van der Waals surface area contributed by atoms with E-state index >= 15 is 0 Å². The van der Waals surface area contributed by atoms with Crippen molar-refractivity contribution in [1.82, 2.24) is 0 Å². The molecule has 0 aliphatic heterocycles. The molecule has 0 fully saturated rings. The molecule has 2 aromatic carbocycles. The number of aryl methyl sites for hydroxylation is 1. The number of benzene rings is 2. The molecule has 3 rings (SSSR count). The first kappa shape index (κ1) is 12.4. The lowest BCUT2D eigenvalue weighted by atomic mass is 10.1. The van der Waals surface area contributed by atoms with Crippen LogP contribution >= 0.6 is 0 Å². The van der Waals surface area contributed by atoms with Crippen molar-refractivity contribution in [2.45, 2.75) is 12.8 Å². The van der Waals surface area contributed by atoms with Gasteiger partial charge < -0.3 is 0 Å². The summed E-state index contributed by atoms with van der Waals surface area (Å²) in [5.74, 6) is 0. The van der Waals surface area contributed by atoms with Gasteiger partial charge in [-0.25, -0.2) is 4.79 Å². The van der Waals surface area contributed by atoms with Crippen LogP contribution in [0.3, 0.4) is 0 Å². The SMILES string of the molecule is O=C(Nc1ccccc1)O/N=C1\CCc2ccccc21. The van der Waals surface area contributed by atoms with Gasteiger partial charge in [0.2, 0.25) is 0 Å². The van der Waals surface area contributed by atoms with E-state index in [9.17, 15) is 4.79 Å². The molecule has 0 radical (unpaired) electrons. The average molecular weight is 266 g/mol. The van der Waals surface area contributed by atoms with Crippen molar-refractivity contribution in [3.63, 3.8) is 0 Å². The van der Waals surface area contributed by atoms with Crippen LogP contribution in [0.1, 0.15) is 17.5 Å². The van der Waals surface area contributed by atoms with Gasteiger partial charge in [-0.05, 0) is 30.5 Å². The van der Waals surface area contributed by atoms with E-state index in [0.29, 0.717) is 5.69 Å². The number of nitrogens with zero attached hydrogens (tertiary/aromatic N) is 1. The van der Waals surface area contributed by atoms with Gasteiger partial charge in [0.1, 0.15) is 0 Å². The molecular formula is C16H14N2O2. The zero-order valence-electron chi connectivity index (χ0n) is 10.9. The number of rotatable bonds is 2. The highest BCUT2D eigenvalue weighted by molar-refractivity contribution is 6.04. The molecule has 20 heavy (non-hydrogen) atoms. The highest BCUT2D eigenvalue weighted by Crippen LogP contribution is 2.22. The largest absolute Gasteiger partial charge is 0.437 e. The molecule has 0 atom stereocenters. The van der Waals surface area contributed by atoms with E-state index in [1.807, 2.05) is 36.4 Å². The smallest absolute Gasteiger partial charge is 0.297 e. The van der Waals surface area contributed by atoms with Gasteiger partial charge in [-0.15, -0.1) is 0 Å². The summed E-state index contributed by atoms with van der Waals surface area (Å²) in [7, 11) is 0. The molecule has 4 heteroatoms. The van der Waals surface area contributed by atoms with Gasteiger partial charge in [0.25, 0.3) is 0 Å². The molecule has 1 amide bonds. The third kappa shape index (κ3) is 2.69. The number of carbonyl (C=O) groups excluding carboxylic acids is 1. The number of hydrogen-bond donors (Lipinski definition) is 1. The Hall–Kier alpha value is -2.62. The molecule has 0 bridgehead atoms. The molecule has 0 saturated carbocycles. The molecule has 0 spiro atoms. The Balaban J connectivity index is 1.65. The van der Waals surface area contributed by atoms with Crippen molar-refractivity contribution in [2.24, 2.45) is 5.16 Å². The minimum absolute atomic E-state index is 0.576. The summed E-state index contributed by atoms with van der Waals surface area (Å²) < 4.78 is 0. The van der Waals surface area contributed by atoms with Crippen LogP contribution in [-0.4, -0.2) is 11.8 Å². The quantitative estimate of drug-likeness (QED) is 0.667. The van der Waals surface area contributed by atoms with E-state index in [1.165, 1.54) is 5.56 Å². The van der Waals surface area contributed by atoms with E-state index in [4.69, 9.17) is 4.84 Å². The number of hydrogen-bond acceptors (Lipinski definition) is 3. The third-order valence-corrected chi connectivity index (χ3v) is 3.22. The first-order valence-corrected chi connectivity index (χ1v) is 6.51. The second-order valence-electron chi connectivity index (χ2n) is 4.56. The predicted octanol–water partition coefficient (Wildman–Crippen LogP) is 3.59. The van der Waals surface area contributed by atoms with Crippen LogP contribution in [0.25, 0.3) is 0 Å². The fourth-order valence-corrected chi connectivity index (χ4v) is 2.26. The Morgan fingerprint density at radius 3 is 2.60 bits per heavy atom. The van der Waals surface area contributed by atoms with Crippen molar-refractivity contribution in [3.05, 3.63) is 65.7 Å².